The quantitative estimate of drug-likeness (QED) is 0.740. The van der Waals surface area contributed by atoms with Gasteiger partial charge in [0.2, 0.25) is 10.0 Å². The van der Waals surface area contributed by atoms with E-state index in [-0.39, 0.29) is 16.1 Å². The summed E-state index contributed by atoms with van der Waals surface area (Å²) >= 11 is 6.26. The zero-order valence-corrected chi connectivity index (χ0v) is 16.5. The molecule has 4 rings (SSSR count). The molecule has 0 saturated carbocycles. The third kappa shape index (κ3) is 2.41. The molecule has 0 amide bonds. The summed E-state index contributed by atoms with van der Waals surface area (Å²) in [5.74, 6) is 0. The van der Waals surface area contributed by atoms with Crippen molar-refractivity contribution in [3.63, 3.8) is 0 Å². The van der Waals surface area contributed by atoms with Gasteiger partial charge in [0.1, 0.15) is 10.0 Å². The van der Waals surface area contributed by atoms with Crippen LogP contribution in [-0.2, 0) is 23.5 Å². The first kappa shape index (κ1) is 17.6. The van der Waals surface area contributed by atoms with Gasteiger partial charge in [-0.1, -0.05) is 36.7 Å². The van der Waals surface area contributed by atoms with Gasteiger partial charge in [0.15, 0.2) is 0 Å². The van der Waals surface area contributed by atoms with E-state index < -0.39 is 10.0 Å². The molecule has 26 heavy (non-hydrogen) atoms. The fraction of sp³-hybridized carbons (Fsp3) is 0.389. The van der Waals surface area contributed by atoms with Crippen LogP contribution >= 0.6 is 11.6 Å². The largest absolute Gasteiger partial charge is 0.357 e. The van der Waals surface area contributed by atoms with Crippen molar-refractivity contribution in [2.45, 2.75) is 37.6 Å². The zero-order valence-electron chi connectivity index (χ0n) is 15.0. The zero-order chi connectivity index (χ0) is 18.6. The van der Waals surface area contributed by atoms with Crippen molar-refractivity contribution in [3.8, 4) is 0 Å². The van der Waals surface area contributed by atoms with Crippen molar-refractivity contribution < 1.29 is 8.42 Å². The molecule has 0 saturated heterocycles. The van der Waals surface area contributed by atoms with Crippen LogP contribution in [-0.4, -0.2) is 34.0 Å². The maximum atomic E-state index is 13.4. The maximum Gasteiger partial charge on any atom is 0.248 e. The first-order valence-electron chi connectivity index (χ1n) is 8.66. The third-order valence-corrected chi connectivity index (χ3v) is 7.77. The Balaban J connectivity index is 1.85. The van der Waals surface area contributed by atoms with Gasteiger partial charge in [-0.15, -0.1) is 0 Å². The van der Waals surface area contributed by atoms with Crippen LogP contribution in [0.5, 0.6) is 0 Å². The first-order chi connectivity index (χ1) is 12.4. The molecular formula is C18H21ClN4O2S. The van der Waals surface area contributed by atoms with Crippen LogP contribution in [0, 0.1) is 6.92 Å². The van der Waals surface area contributed by atoms with Gasteiger partial charge in [-0.05, 0) is 31.4 Å². The van der Waals surface area contributed by atoms with Crippen molar-refractivity contribution in [2.24, 2.45) is 7.05 Å². The molecule has 0 spiro atoms. The number of halogens is 1. The number of H-pyrrole nitrogens is 1. The third-order valence-electron chi connectivity index (χ3n) is 5.16. The fourth-order valence-corrected chi connectivity index (χ4v) is 6.39. The van der Waals surface area contributed by atoms with Crippen molar-refractivity contribution in [1.82, 2.24) is 19.1 Å². The summed E-state index contributed by atoms with van der Waals surface area (Å²) in [6, 6.07) is 7.87. The number of hydrogen-bond donors (Lipinski definition) is 1. The number of aromatic nitrogens is 3. The summed E-state index contributed by atoms with van der Waals surface area (Å²) in [6.07, 6.45) is 1.35. The van der Waals surface area contributed by atoms with Crippen LogP contribution in [0.25, 0.3) is 10.9 Å². The van der Waals surface area contributed by atoms with Crippen molar-refractivity contribution in [3.05, 3.63) is 46.4 Å². The molecule has 3 heterocycles. The van der Waals surface area contributed by atoms with Crippen molar-refractivity contribution in [1.29, 1.82) is 0 Å². The van der Waals surface area contributed by atoms with Gasteiger partial charge in [-0.25, -0.2) is 8.42 Å². The molecule has 1 aromatic carbocycles. The molecule has 8 heteroatoms. The lowest BCUT2D eigenvalue weighted by Gasteiger charge is -2.34. The number of aryl methyl sites for hydroxylation is 2. The van der Waals surface area contributed by atoms with Gasteiger partial charge >= 0.3 is 0 Å². The van der Waals surface area contributed by atoms with Crippen molar-refractivity contribution >= 4 is 32.5 Å². The Kier molecular flexibility index (Phi) is 4.13. The number of nitrogens with zero attached hydrogens (tertiary/aromatic N) is 3. The number of fused-ring (bicyclic) bond motifs is 3. The number of rotatable bonds is 3. The van der Waals surface area contributed by atoms with E-state index in [9.17, 15) is 8.42 Å². The average Bonchev–Trinajstić information content (AvgIpc) is 3.11. The Morgan fingerprint density at radius 1 is 1.35 bits per heavy atom. The van der Waals surface area contributed by atoms with E-state index in [0.29, 0.717) is 25.1 Å². The fourth-order valence-electron chi connectivity index (χ4n) is 4.01. The predicted octanol–water partition coefficient (Wildman–Crippen LogP) is 3.56. The summed E-state index contributed by atoms with van der Waals surface area (Å²) in [4.78, 5) is 3.56. The number of nitrogens with one attached hydrogen (secondary N) is 1. The van der Waals surface area contributed by atoms with Crippen LogP contribution in [0.4, 0.5) is 0 Å². The molecule has 1 unspecified atom stereocenters. The van der Waals surface area contributed by atoms with Crippen LogP contribution in [0.2, 0.25) is 5.15 Å². The van der Waals surface area contributed by atoms with Gasteiger partial charge in [0, 0.05) is 30.2 Å². The molecular weight excluding hydrogens is 372 g/mol. The van der Waals surface area contributed by atoms with E-state index in [2.05, 4.69) is 16.1 Å². The van der Waals surface area contributed by atoms with Gasteiger partial charge < -0.3 is 4.98 Å². The van der Waals surface area contributed by atoms with Crippen LogP contribution in [0.1, 0.15) is 36.3 Å². The standard InChI is InChI=1S/C18H21ClN4O2S/c1-4-15-16-13(12-7-5-6-8-14(12)20-16)9-10-23(15)26(24,25)17-11(2)21-22(3)18(17)19/h5-8,15,20H,4,9-10H2,1-3H3. The van der Waals surface area contributed by atoms with Gasteiger partial charge in [0.25, 0.3) is 0 Å². The van der Waals surface area contributed by atoms with Crippen LogP contribution in [0.3, 0.4) is 0 Å². The normalized spacial score (nSPS) is 18.4. The Labute approximate surface area is 157 Å². The van der Waals surface area contributed by atoms with Crippen molar-refractivity contribution in [2.75, 3.05) is 6.54 Å². The number of hydrogen-bond acceptors (Lipinski definition) is 3. The SMILES string of the molecule is CCC1c2[nH]c3ccccc3c2CCN1S(=O)(=O)c1c(C)nn(C)c1Cl. The molecule has 138 valence electrons. The summed E-state index contributed by atoms with van der Waals surface area (Å²) < 4.78 is 29.8. The molecule has 1 aliphatic heterocycles. The summed E-state index contributed by atoms with van der Waals surface area (Å²) in [7, 11) is -2.10. The van der Waals surface area contributed by atoms with E-state index in [1.54, 1.807) is 18.3 Å². The molecule has 0 aliphatic carbocycles. The van der Waals surface area contributed by atoms with E-state index in [0.717, 1.165) is 11.2 Å². The first-order valence-corrected chi connectivity index (χ1v) is 10.5. The predicted molar refractivity (Wildman–Crippen MR) is 102 cm³/mol. The summed E-state index contributed by atoms with van der Waals surface area (Å²) in [5.41, 5.74) is 3.68. The van der Waals surface area contributed by atoms with E-state index in [4.69, 9.17) is 11.6 Å². The lowest BCUT2D eigenvalue weighted by atomic mass is 9.98. The second-order valence-corrected chi connectivity index (χ2v) is 8.87. The Morgan fingerprint density at radius 3 is 2.73 bits per heavy atom. The highest BCUT2D eigenvalue weighted by Gasteiger charge is 2.40. The van der Waals surface area contributed by atoms with Gasteiger partial charge in [-0.3, -0.25) is 4.68 Å². The molecule has 2 aromatic heterocycles. The maximum absolute atomic E-state index is 13.4. The number of sulfonamides is 1. The second kappa shape index (κ2) is 6.11. The Morgan fingerprint density at radius 2 is 2.08 bits per heavy atom. The smallest absolute Gasteiger partial charge is 0.248 e. The summed E-state index contributed by atoms with van der Waals surface area (Å²) in [6.45, 7) is 4.11. The second-order valence-electron chi connectivity index (χ2n) is 6.68. The van der Waals surface area contributed by atoms with E-state index >= 15 is 0 Å². The van der Waals surface area contributed by atoms with Crippen LogP contribution < -0.4 is 0 Å². The monoisotopic (exact) mass is 392 g/mol. The van der Waals surface area contributed by atoms with Crippen LogP contribution in [0.15, 0.2) is 29.2 Å². The summed E-state index contributed by atoms with van der Waals surface area (Å²) in [5, 5.41) is 5.50. The molecule has 0 bridgehead atoms. The molecule has 0 fully saturated rings. The number of para-hydroxylation sites is 1. The van der Waals surface area contributed by atoms with E-state index in [1.807, 2.05) is 25.1 Å². The average molecular weight is 393 g/mol. The topological polar surface area (TPSA) is 71.0 Å². The number of benzene rings is 1. The minimum atomic E-state index is -3.75. The molecule has 3 aromatic rings. The Bertz CT molecular complexity index is 1100. The van der Waals surface area contributed by atoms with E-state index in [1.165, 1.54) is 15.6 Å². The highest BCUT2D eigenvalue weighted by molar-refractivity contribution is 7.89. The lowest BCUT2D eigenvalue weighted by molar-refractivity contribution is 0.297. The minimum absolute atomic E-state index is 0.111. The highest BCUT2D eigenvalue weighted by Crippen LogP contribution is 2.40. The molecule has 6 nitrogen and oxygen atoms in total. The number of aromatic amines is 1. The molecule has 1 N–H and O–H groups in total. The molecule has 1 aliphatic rings. The van der Waals surface area contributed by atoms with Gasteiger partial charge in [0.05, 0.1) is 11.7 Å². The highest BCUT2D eigenvalue weighted by atomic mass is 35.5. The lowest BCUT2D eigenvalue weighted by Crippen LogP contribution is -2.40. The Hall–Kier alpha value is -1.83. The van der Waals surface area contributed by atoms with Gasteiger partial charge in [-0.2, -0.15) is 9.40 Å². The molecule has 0 radical (unpaired) electrons. The minimum Gasteiger partial charge on any atom is -0.357 e. The molecule has 1 atom stereocenters.